The van der Waals surface area contributed by atoms with Crippen LogP contribution in [0.1, 0.15) is 18.5 Å². The molecule has 0 spiro atoms. The number of hydrogen-bond acceptors (Lipinski definition) is 4. The van der Waals surface area contributed by atoms with Crippen molar-refractivity contribution in [3.63, 3.8) is 0 Å². The van der Waals surface area contributed by atoms with Gasteiger partial charge in [-0.2, -0.15) is 0 Å². The maximum atomic E-state index is 11.7. The topological polar surface area (TPSA) is 110 Å². The summed E-state index contributed by atoms with van der Waals surface area (Å²) >= 11 is 0. The van der Waals surface area contributed by atoms with Crippen molar-refractivity contribution >= 4 is 12.0 Å². The van der Waals surface area contributed by atoms with Gasteiger partial charge in [0.25, 0.3) is 0 Å². The maximum Gasteiger partial charge on any atom is 0.326 e. The van der Waals surface area contributed by atoms with Crippen LogP contribution in [0.5, 0.6) is 0 Å². The minimum atomic E-state index is -1.08. The number of carboxylic acids is 1. The van der Waals surface area contributed by atoms with Gasteiger partial charge < -0.3 is 25.6 Å². The molecule has 0 aliphatic carbocycles. The standard InChI is InChI=1S/C13H23N5O3/c1-18(2)6-4-3-5-15-13(21)17-11(12(19)20)7-10-8-14-9-16-10/h8-9,11H,3-7H2,1-2H3,(H,14,16)(H,19,20)(H2,15,17,21)/t11-/m1/s1. The summed E-state index contributed by atoms with van der Waals surface area (Å²) in [4.78, 5) is 31.5. The second kappa shape index (κ2) is 8.96. The summed E-state index contributed by atoms with van der Waals surface area (Å²) in [5.41, 5.74) is 0.661. The number of nitrogens with one attached hydrogen (secondary N) is 3. The quantitative estimate of drug-likeness (QED) is 0.481. The Hall–Kier alpha value is -2.09. The van der Waals surface area contributed by atoms with Crippen LogP contribution in [0.2, 0.25) is 0 Å². The van der Waals surface area contributed by atoms with E-state index in [0.717, 1.165) is 19.4 Å². The van der Waals surface area contributed by atoms with Gasteiger partial charge in [0.1, 0.15) is 6.04 Å². The molecule has 0 aromatic carbocycles. The van der Waals surface area contributed by atoms with E-state index >= 15 is 0 Å². The fourth-order valence-corrected chi connectivity index (χ4v) is 1.78. The molecule has 0 saturated carbocycles. The number of unbranched alkanes of at least 4 members (excludes halogenated alkanes) is 1. The van der Waals surface area contributed by atoms with Crippen LogP contribution in [0.3, 0.4) is 0 Å². The predicted molar refractivity (Wildman–Crippen MR) is 78.0 cm³/mol. The van der Waals surface area contributed by atoms with E-state index in [1.54, 1.807) is 0 Å². The Morgan fingerprint density at radius 3 is 2.76 bits per heavy atom. The molecular formula is C13H23N5O3. The zero-order valence-electron chi connectivity index (χ0n) is 12.4. The lowest BCUT2D eigenvalue weighted by molar-refractivity contribution is -0.139. The fourth-order valence-electron chi connectivity index (χ4n) is 1.78. The van der Waals surface area contributed by atoms with Crippen molar-refractivity contribution in [2.45, 2.75) is 25.3 Å². The molecule has 0 radical (unpaired) electrons. The molecule has 0 saturated heterocycles. The summed E-state index contributed by atoms with van der Waals surface area (Å²) in [5.74, 6) is -1.08. The summed E-state index contributed by atoms with van der Waals surface area (Å²) < 4.78 is 0. The molecule has 1 atom stereocenters. The number of rotatable bonds is 9. The fraction of sp³-hybridized carbons (Fsp3) is 0.615. The molecular weight excluding hydrogens is 274 g/mol. The lowest BCUT2D eigenvalue weighted by atomic mass is 10.2. The number of carbonyl (C=O) groups is 2. The van der Waals surface area contributed by atoms with Gasteiger partial charge in [-0.3, -0.25) is 0 Å². The third kappa shape index (κ3) is 7.31. The molecule has 0 aliphatic rings. The van der Waals surface area contributed by atoms with Gasteiger partial charge in [-0.1, -0.05) is 0 Å². The van der Waals surface area contributed by atoms with E-state index in [1.165, 1.54) is 12.5 Å². The summed E-state index contributed by atoms with van der Waals surface area (Å²) in [6.45, 7) is 1.48. The van der Waals surface area contributed by atoms with E-state index in [-0.39, 0.29) is 6.42 Å². The van der Waals surface area contributed by atoms with Crippen LogP contribution in [-0.4, -0.2) is 65.2 Å². The first-order chi connectivity index (χ1) is 9.99. The van der Waals surface area contributed by atoms with Crippen LogP contribution in [0, 0.1) is 0 Å². The Kier molecular flexibility index (Phi) is 7.24. The summed E-state index contributed by atoms with van der Waals surface area (Å²) in [6, 6.07) is -1.45. The van der Waals surface area contributed by atoms with Crippen molar-refractivity contribution in [3.8, 4) is 0 Å². The molecule has 0 aliphatic heterocycles. The van der Waals surface area contributed by atoms with Crippen LogP contribution in [0.15, 0.2) is 12.5 Å². The van der Waals surface area contributed by atoms with Crippen molar-refractivity contribution in [3.05, 3.63) is 18.2 Å². The smallest absolute Gasteiger partial charge is 0.326 e. The Balaban J connectivity index is 2.27. The van der Waals surface area contributed by atoms with Crippen LogP contribution in [-0.2, 0) is 11.2 Å². The second-order valence-electron chi connectivity index (χ2n) is 5.08. The molecule has 1 aromatic heterocycles. The molecule has 118 valence electrons. The van der Waals surface area contributed by atoms with Crippen molar-refractivity contribution < 1.29 is 14.7 Å². The van der Waals surface area contributed by atoms with E-state index in [0.29, 0.717) is 12.2 Å². The lowest BCUT2D eigenvalue weighted by Gasteiger charge is -2.14. The first-order valence-electron chi connectivity index (χ1n) is 6.88. The second-order valence-corrected chi connectivity index (χ2v) is 5.08. The zero-order valence-corrected chi connectivity index (χ0v) is 12.4. The number of amides is 2. The first-order valence-corrected chi connectivity index (χ1v) is 6.88. The molecule has 2 amide bonds. The Labute approximate surface area is 123 Å². The highest BCUT2D eigenvalue weighted by molar-refractivity contribution is 5.82. The van der Waals surface area contributed by atoms with Crippen molar-refractivity contribution in [2.75, 3.05) is 27.2 Å². The molecule has 8 heteroatoms. The van der Waals surface area contributed by atoms with Crippen LogP contribution >= 0.6 is 0 Å². The number of carbonyl (C=O) groups excluding carboxylic acids is 1. The Morgan fingerprint density at radius 1 is 1.43 bits per heavy atom. The number of aromatic nitrogens is 2. The monoisotopic (exact) mass is 297 g/mol. The molecule has 1 heterocycles. The number of aliphatic carboxylic acids is 1. The number of urea groups is 1. The van der Waals surface area contributed by atoms with E-state index in [9.17, 15) is 9.59 Å². The largest absolute Gasteiger partial charge is 0.480 e. The number of aromatic amines is 1. The van der Waals surface area contributed by atoms with Crippen molar-refractivity contribution in [1.29, 1.82) is 0 Å². The molecule has 4 N–H and O–H groups in total. The van der Waals surface area contributed by atoms with Gasteiger partial charge in [0.05, 0.1) is 6.33 Å². The number of imidazole rings is 1. The van der Waals surface area contributed by atoms with E-state index < -0.39 is 18.0 Å². The third-order valence-corrected chi connectivity index (χ3v) is 2.90. The average Bonchev–Trinajstić information content (AvgIpc) is 2.90. The molecule has 1 aromatic rings. The average molecular weight is 297 g/mol. The molecule has 8 nitrogen and oxygen atoms in total. The minimum absolute atomic E-state index is 0.170. The highest BCUT2D eigenvalue weighted by atomic mass is 16.4. The van der Waals surface area contributed by atoms with Gasteiger partial charge in [-0.05, 0) is 33.5 Å². The van der Waals surface area contributed by atoms with E-state index in [1.807, 2.05) is 14.1 Å². The van der Waals surface area contributed by atoms with Gasteiger partial charge >= 0.3 is 12.0 Å². The van der Waals surface area contributed by atoms with Gasteiger partial charge in [0.2, 0.25) is 0 Å². The molecule has 1 rings (SSSR count). The maximum absolute atomic E-state index is 11.7. The van der Waals surface area contributed by atoms with Gasteiger partial charge in [0, 0.05) is 24.9 Å². The number of carboxylic acid groups (broad SMARTS) is 1. The number of H-pyrrole nitrogens is 1. The summed E-state index contributed by atoms with van der Waals surface area (Å²) in [6.07, 6.45) is 5.01. The minimum Gasteiger partial charge on any atom is -0.480 e. The van der Waals surface area contributed by atoms with Crippen molar-refractivity contribution in [2.24, 2.45) is 0 Å². The summed E-state index contributed by atoms with van der Waals surface area (Å²) in [7, 11) is 3.99. The van der Waals surface area contributed by atoms with Crippen molar-refractivity contribution in [1.82, 2.24) is 25.5 Å². The molecule has 0 unspecified atom stereocenters. The molecule has 0 fully saturated rings. The SMILES string of the molecule is CN(C)CCCCNC(=O)N[C@H](Cc1cnc[nH]1)C(=O)O. The van der Waals surface area contributed by atoms with Crippen LogP contribution in [0.25, 0.3) is 0 Å². The number of hydrogen-bond donors (Lipinski definition) is 4. The van der Waals surface area contributed by atoms with Crippen LogP contribution < -0.4 is 10.6 Å². The zero-order chi connectivity index (χ0) is 15.7. The first kappa shape index (κ1) is 17.0. The van der Waals surface area contributed by atoms with Gasteiger partial charge in [-0.25, -0.2) is 14.6 Å². The number of nitrogens with zero attached hydrogens (tertiary/aromatic N) is 2. The lowest BCUT2D eigenvalue weighted by Crippen LogP contribution is -2.47. The van der Waals surface area contributed by atoms with E-state index in [2.05, 4.69) is 25.5 Å². The Bertz CT molecular complexity index is 433. The van der Waals surface area contributed by atoms with Crippen LogP contribution in [0.4, 0.5) is 4.79 Å². The molecule has 21 heavy (non-hydrogen) atoms. The summed E-state index contributed by atoms with van der Waals surface area (Å²) in [5, 5.41) is 14.2. The normalized spacial score (nSPS) is 12.1. The predicted octanol–water partition coefficient (Wildman–Crippen LogP) is 0.0464. The highest BCUT2D eigenvalue weighted by Gasteiger charge is 2.20. The van der Waals surface area contributed by atoms with E-state index in [4.69, 9.17) is 5.11 Å². The Morgan fingerprint density at radius 2 is 2.19 bits per heavy atom. The molecule has 0 bridgehead atoms. The van der Waals surface area contributed by atoms with Gasteiger partial charge in [-0.15, -0.1) is 0 Å². The highest BCUT2D eigenvalue weighted by Crippen LogP contribution is 1.99. The van der Waals surface area contributed by atoms with Gasteiger partial charge in [0.15, 0.2) is 0 Å². The third-order valence-electron chi connectivity index (χ3n) is 2.90.